The number of benzene rings is 1. The molecule has 1 aliphatic rings. The Hall–Kier alpha value is -0.890. The van der Waals surface area contributed by atoms with Crippen LogP contribution in [0.2, 0.25) is 0 Å². The van der Waals surface area contributed by atoms with Crippen LogP contribution in [-0.4, -0.2) is 11.2 Å². The Labute approximate surface area is 96.3 Å². The van der Waals surface area contributed by atoms with Gasteiger partial charge in [0.05, 0.1) is 6.10 Å². The van der Waals surface area contributed by atoms with Gasteiger partial charge in [0.2, 0.25) is 0 Å². The Kier molecular flexibility index (Phi) is 3.94. The van der Waals surface area contributed by atoms with Crippen LogP contribution in [0.3, 0.4) is 0 Å². The molecule has 2 atom stereocenters. The minimum Gasteiger partial charge on any atom is -0.393 e. The van der Waals surface area contributed by atoms with Gasteiger partial charge in [0.15, 0.2) is 0 Å². The average Bonchev–Trinajstić information content (AvgIpc) is 2.46. The third-order valence-corrected chi connectivity index (χ3v) is 3.44. The largest absolute Gasteiger partial charge is 0.393 e. The van der Waals surface area contributed by atoms with Gasteiger partial charge in [-0.1, -0.05) is 31.4 Å². The second kappa shape index (κ2) is 5.44. The molecule has 16 heavy (non-hydrogen) atoms. The molecule has 0 aliphatic heterocycles. The second-order valence-electron chi connectivity index (χ2n) is 4.87. The quantitative estimate of drug-likeness (QED) is 0.761. The summed E-state index contributed by atoms with van der Waals surface area (Å²) in [5.74, 6) is 0.382. The highest BCUT2D eigenvalue weighted by Crippen LogP contribution is 2.26. The number of rotatable bonds is 2. The summed E-state index contributed by atoms with van der Waals surface area (Å²) in [4.78, 5) is 0. The Morgan fingerprint density at radius 3 is 2.56 bits per heavy atom. The zero-order valence-electron chi connectivity index (χ0n) is 9.53. The summed E-state index contributed by atoms with van der Waals surface area (Å²) in [5, 5.41) is 9.72. The van der Waals surface area contributed by atoms with Crippen LogP contribution >= 0.6 is 0 Å². The lowest BCUT2D eigenvalue weighted by Crippen LogP contribution is -2.12. The zero-order chi connectivity index (χ0) is 11.4. The summed E-state index contributed by atoms with van der Waals surface area (Å²) in [6.45, 7) is 0. The van der Waals surface area contributed by atoms with Crippen LogP contribution in [0, 0.1) is 11.7 Å². The number of aliphatic hydroxyl groups excluding tert-OH is 1. The van der Waals surface area contributed by atoms with Crippen molar-refractivity contribution >= 4 is 0 Å². The van der Waals surface area contributed by atoms with E-state index < -0.39 is 0 Å². The van der Waals surface area contributed by atoms with Gasteiger partial charge in [-0.2, -0.15) is 0 Å². The van der Waals surface area contributed by atoms with Gasteiger partial charge in [-0.3, -0.25) is 0 Å². The maximum absolute atomic E-state index is 12.8. The molecule has 0 spiro atoms. The van der Waals surface area contributed by atoms with Gasteiger partial charge in [0, 0.05) is 0 Å². The van der Waals surface area contributed by atoms with E-state index in [2.05, 4.69) is 0 Å². The van der Waals surface area contributed by atoms with Gasteiger partial charge in [-0.15, -0.1) is 0 Å². The topological polar surface area (TPSA) is 20.2 Å². The van der Waals surface area contributed by atoms with E-state index in [1.165, 1.54) is 30.5 Å². The van der Waals surface area contributed by atoms with Crippen LogP contribution in [0.25, 0.3) is 0 Å². The molecular formula is C14H19FO. The fourth-order valence-corrected chi connectivity index (χ4v) is 2.57. The van der Waals surface area contributed by atoms with Crippen LogP contribution in [0.1, 0.15) is 37.7 Å². The first-order chi connectivity index (χ1) is 7.74. The molecule has 2 unspecified atom stereocenters. The van der Waals surface area contributed by atoms with Gasteiger partial charge in [-0.25, -0.2) is 4.39 Å². The van der Waals surface area contributed by atoms with E-state index in [-0.39, 0.29) is 11.9 Å². The van der Waals surface area contributed by atoms with Gasteiger partial charge in [0.1, 0.15) is 5.82 Å². The average molecular weight is 222 g/mol. The first-order valence-corrected chi connectivity index (χ1v) is 6.16. The van der Waals surface area contributed by atoms with Crippen LogP contribution in [0.5, 0.6) is 0 Å². The molecule has 0 saturated heterocycles. The van der Waals surface area contributed by atoms with Crippen molar-refractivity contribution in [2.24, 2.45) is 5.92 Å². The molecule has 2 rings (SSSR count). The van der Waals surface area contributed by atoms with Crippen molar-refractivity contribution in [1.82, 2.24) is 0 Å². The number of halogens is 1. The molecule has 0 amide bonds. The van der Waals surface area contributed by atoms with Gasteiger partial charge in [-0.05, 0) is 42.9 Å². The summed E-state index contributed by atoms with van der Waals surface area (Å²) in [5.41, 5.74) is 1.18. The van der Waals surface area contributed by atoms with Gasteiger partial charge >= 0.3 is 0 Å². The van der Waals surface area contributed by atoms with Crippen molar-refractivity contribution in [3.05, 3.63) is 35.6 Å². The lowest BCUT2D eigenvalue weighted by atomic mass is 9.92. The smallest absolute Gasteiger partial charge is 0.123 e. The highest BCUT2D eigenvalue weighted by Gasteiger charge is 2.18. The maximum Gasteiger partial charge on any atom is 0.123 e. The molecule has 1 aromatic rings. The molecule has 0 bridgehead atoms. The fourth-order valence-electron chi connectivity index (χ4n) is 2.57. The number of aliphatic hydroxyl groups is 1. The van der Waals surface area contributed by atoms with Gasteiger partial charge < -0.3 is 5.11 Å². The van der Waals surface area contributed by atoms with Crippen molar-refractivity contribution < 1.29 is 9.50 Å². The fraction of sp³-hybridized carbons (Fsp3) is 0.571. The van der Waals surface area contributed by atoms with Crippen molar-refractivity contribution in [3.8, 4) is 0 Å². The minimum atomic E-state index is -0.176. The predicted octanol–water partition coefficient (Wildman–Crippen LogP) is 3.31. The monoisotopic (exact) mass is 222 g/mol. The molecule has 1 N–H and O–H groups in total. The van der Waals surface area contributed by atoms with E-state index in [1.807, 2.05) is 12.1 Å². The van der Waals surface area contributed by atoms with Crippen LogP contribution in [0.4, 0.5) is 4.39 Å². The SMILES string of the molecule is OC1CCCCC(Cc2ccc(F)cc2)C1. The van der Waals surface area contributed by atoms with Gasteiger partial charge in [0.25, 0.3) is 0 Å². The molecule has 0 aromatic heterocycles. The van der Waals surface area contributed by atoms with E-state index in [0.717, 1.165) is 25.7 Å². The zero-order valence-corrected chi connectivity index (χ0v) is 9.53. The molecule has 1 aliphatic carbocycles. The van der Waals surface area contributed by atoms with Crippen molar-refractivity contribution in [3.63, 3.8) is 0 Å². The van der Waals surface area contributed by atoms with E-state index in [9.17, 15) is 9.50 Å². The van der Waals surface area contributed by atoms with Crippen LogP contribution in [0.15, 0.2) is 24.3 Å². The molecule has 2 heteroatoms. The molecule has 1 nitrogen and oxygen atoms in total. The molecule has 1 aromatic carbocycles. The van der Waals surface area contributed by atoms with E-state index in [0.29, 0.717) is 5.92 Å². The first kappa shape index (κ1) is 11.6. The van der Waals surface area contributed by atoms with Crippen LogP contribution < -0.4 is 0 Å². The molecular weight excluding hydrogens is 203 g/mol. The third kappa shape index (κ3) is 3.31. The Morgan fingerprint density at radius 2 is 1.81 bits per heavy atom. The van der Waals surface area contributed by atoms with E-state index >= 15 is 0 Å². The predicted molar refractivity (Wildman–Crippen MR) is 62.7 cm³/mol. The lowest BCUT2D eigenvalue weighted by Gasteiger charge is -2.16. The summed E-state index contributed by atoms with van der Waals surface area (Å²) >= 11 is 0. The number of hydrogen-bond donors (Lipinski definition) is 1. The molecule has 88 valence electrons. The Morgan fingerprint density at radius 1 is 1.12 bits per heavy atom. The maximum atomic E-state index is 12.8. The molecule has 1 saturated carbocycles. The summed E-state index contributed by atoms with van der Waals surface area (Å²) in [7, 11) is 0. The van der Waals surface area contributed by atoms with Crippen molar-refractivity contribution in [1.29, 1.82) is 0 Å². The molecule has 1 fully saturated rings. The third-order valence-electron chi connectivity index (χ3n) is 3.44. The normalized spacial score (nSPS) is 26.4. The highest BCUT2D eigenvalue weighted by atomic mass is 19.1. The summed E-state index contributed by atoms with van der Waals surface area (Å²) in [6.07, 6.45) is 6.22. The minimum absolute atomic E-state index is 0.132. The summed E-state index contributed by atoms with van der Waals surface area (Å²) in [6, 6.07) is 6.74. The lowest BCUT2D eigenvalue weighted by molar-refractivity contribution is 0.141. The highest BCUT2D eigenvalue weighted by molar-refractivity contribution is 5.16. The van der Waals surface area contributed by atoms with Crippen LogP contribution in [-0.2, 0) is 6.42 Å². The van der Waals surface area contributed by atoms with E-state index in [4.69, 9.17) is 0 Å². The van der Waals surface area contributed by atoms with Crippen molar-refractivity contribution in [2.75, 3.05) is 0 Å². The molecule has 0 radical (unpaired) electrons. The molecule has 0 heterocycles. The second-order valence-corrected chi connectivity index (χ2v) is 4.87. The Balaban J connectivity index is 1.95. The first-order valence-electron chi connectivity index (χ1n) is 6.16. The standard InChI is InChI=1S/C14H19FO/c15-13-7-5-11(6-8-13)9-12-3-1-2-4-14(16)10-12/h5-8,12,14,16H,1-4,9-10H2. The van der Waals surface area contributed by atoms with Crippen molar-refractivity contribution in [2.45, 2.75) is 44.6 Å². The number of hydrogen-bond acceptors (Lipinski definition) is 1. The van der Waals surface area contributed by atoms with E-state index in [1.54, 1.807) is 0 Å². The summed E-state index contributed by atoms with van der Waals surface area (Å²) < 4.78 is 12.8. The Bertz CT molecular complexity index is 320.